The Bertz CT molecular complexity index is 235. The van der Waals surface area contributed by atoms with Gasteiger partial charge in [-0.15, -0.1) is 0 Å². The Morgan fingerprint density at radius 1 is 1.16 bits per heavy atom. The first kappa shape index (κ1) is 19.0. The van der Waals surface area contributed by atoms with Crippen LogP contribution in [-0.4, -0.2) is 37.2 Å². The quantitative estimate of drug-likeness (QED) is 0.613. The second kappa shape index (κ2) is 8.36. The van der Waals surface area contributed by atoms with Crippen molar-refractivity contribution in [2.45, 2.75) is 84.6 Å². The van der Waals surface area contributed by atoms with Crippen molar-refractivity contribution < 1.29 is 9.84 Å². The molecule has 0 aromatic heterocycles. The van der Waals surface area contributed by atoms with Gasteiger partial charge in [0.15, 0.2) is 0 Å². The van der Waals surface area contributed by atoms with Gasteiger partial charge in [-0.05, 0) is 40.0 Å². The molecule has 1 unspecified atom stereocenters. The summed E-state index contributed by atoms with van der Waals surface area (Å²) in [6.07, 6.45) is 3.06. The van der Waals surface area contributed by atoms with Crippen molar-refractivity contribution in [2.75, 3.05) is 6.61 Å². The number of rotatable bonds is 10. The van der Waals surface area contributed by atoms with E-state index in [2.05, 4.69) is 49.0 Å². The molecule has 0 rings (SSSR count). The summed E-state index contributed by atoms with van der Waals surface area (Å²) in [4.78, 5) is 0. The van der Waals surface area contributed by atoms with E-state index in [9.17, 15) is 5.11 Å². The molecule has 0 aliphatic rings. The minimum absolute atomic E-state index is 0.254. The maximum Gasteiger partial charge on any atom is 0.109 e. The Kier molecular flexibility index (Phi) is 8.38. The van der Waals surface area contributed by atoms with Gasteiger partial charge in [0, 0.05) is 12.1 Å². The number of hydrogen-bond acceptors (Lipinski definition) is 2. The van der Waals surface area contributed by atoms with Crippen molar-refractivity contribution in [3.05, 3.63) is 0 Å². The lowest BCUT2D eigenvalue weighted by atomic mass is 9.27. The Morgan fingerprint density at radius 2 is 1.74 bits per heavy atom. The van der Waals surface area contributed by atoms with E-state index < -0.39 is 5.60 Å². The third kappa shape index (κ3) is 11.6. The van der Waals surface area contributed by atoms with E-state index in [1.165, 1.54) is 12.8 Å². The van der Waals surface area contributed by atoms with E-state index in [4.69, 9.17) is 4.74 Å². The summed E-state index contributed by atoms with van der Waals surface area (Å²) >= 11 is 0. The molecule has 0 bridgehead atoms. The van der Waals surface area contributed by atoms with Crippen LogP contribution < -0.4 is 0 Å². The second-order valence-corrected chi connectivity index (χ2v) is 7.17. The molecule has 1 N–H and O–H groups in total. The molecule has 0 aromatic rings. The zero-order valence-corrected chi connectivity index (χ0v) is 14.0. The predicted molar refractivity (Wildman–Crippen MR) is 85.9 cm³/mol. The summed E-state index contributed by atoms with van der Waals surface area (Å²) in [6, 6.07) is 0. The highest BCUT2D eigenvalue weighted by atomic mass is 16.5. The summed E-state index contributed by atoms with van der Waals surface area (Å²) < 4.78 is 5.86. The van der Waals surface area contributed by atoms with Crippen molar-refractivity contribution in [3.63, 3.8) is 0 Å². The largest absolute Gasteiger partial charge is 0.390 e. The van der Waals surface area contributed by atoms with Crippen molar-refractivity contribution in [3.8, 4) is 0 Å². The van der Waals surface area contributed by atoms with Crippen LogP contribution in [-0.2, 0) is 4.74 Å². The fraction of sp³-hybridized carbons (Fsp3) is 1.00. The Hall–Kier alpha value is 0.0499. The lowest BCUT2D eigenvalue weighted by molar-refractivity contribution is -0.00670. The van der Waals surface area contributed by atoms with Gasteiger partial charge in [0.05, 0.1) is 12.8 Å². The van der Waals surface area contributed by atoms with Crippen LogP contribution in [0.15, 0.2) is 0 Å². The molecule has 110 valence electrons. The van der Waals surface area contributed by atoms with Gasteiger partial charge in [-0.1, -0.05) is 39.4 Å². The summed E-state index contributed by atoms with van der Waals surface area (Å²) in [5.74, 6) is 1.37. The van der Waals surface area contributed by atoms with Crippen LogP contribution in [0.4, 0.5) is 0 Å². The monoisotopic (exact) mass is 266 g/mol. The molecular formula is C15H32B2O2. The smallest absolute Gasteiger partial charge is 0.109 e. The Labute approximate surface area is 122 Å². The zero-order chi connectivity index (χ0) is 15.1. The summed E-state index contributed by atoms with van der Waals surface area (Å²) in [5.41, 5.74) is -0.904. The van der Waals surface area contributed by atoms with Gasteiger partial charge in [-0.25, -0.2) is 0 Å². The maximum absolute atomic E-state index is 9.67. The normalized spacial score (nSPS) is 14.6. The van der Waals surface area contributed by atoms with Crippen molar-refractivity contribution in [2.24, 2.45) is 5.92 Å². The lowest BCUT2D eigenvalue weighted by Crippen LogP contribution is -2.38. The number of hydrogen-bond donors (Lipinski definition) is 1. The zero-order valence-electron chi connectivity index (χ0n) is 14.0. The molecule has 0 amide bonds. The third-order valence-electron chi connectivity index (χ3n) is 3.26. The van der Waals surface area contributed by atoms with Crippen LogP contribution >= 0.6 is 0 Å². The molecule has 0 aromatic carbocycles. The predicted octanol–water partition coefficient (Wildman–Crippen LogP) is 3.47. The van der Waals surface area contributed by atoms with E-state index in [0.717, 1.165) is 5.92 Å². The minimum Gasteiger partial charge on any atom is -0.390 e. The Balaban J connectivity index is 4.00. The SMILES string of the molecule is CCC([B][B]C(C)(C)OCCC(C)(C)O)CC(C)C. The average molecular weight is 266 g/mol. The highest BCUT2D eigenvalue weighted by Crippen LogP contribution is 2.21. The highest BCUT2D eigenvalue weighted by molar-refractivity contribution is 7.02. The van der Waals surface area contributed by atoms with Gasteiger partial charge in [0.2, 0.25) is 0 Å². The summed E-state index contributed by atoms with van der Waals surface area (Å²) in [7, 11) is 4.47. The minimum atomic E-state index is -0.649. The molecule has 1 atom stereocenters. The molecule has 0 saturated carbocycles. The van der Waals surface area contributed by atoms with Gasteiger partial charge >= 0.3 is 0 Å². The molecule has 0 aliphatic carbocycles. The van der Waals surface area contributed by atoms with Gasteiger partial charge in [-0.3, -0.25) is 0 Å². The molecule has 0 spiro atoms. The van der Waals surface area contributed by atoms with Gasteiger partial charge in [-0.2, -0.15) is 0 Å². The van der Waals surface area contributed by atoms with Crippen molar-refractivity contribution >= 4 is 14.3 Å². The van der Waals surface area contributed by atoms with Crippen LogP contribution in [0.2, 0.25) is 5.82 Å². The van der Waals surface area contributed by atoms with E-state index in [0.29, 0.717) is 18.8 Å². The topological polar surface area (TPSA) is 29.5 Å². The first-order valence-corrected chi connectivity index (χ1v) is 7.61. The summed E-state index contributed by atoms with van der Waals surface area (Å²) in [6.45, 7) is 15.1. The molecule has 19 heavy (non-hydrogen) atoms. The van der Waals surface area contributed by atoms with Crippen LogP contribution in [0, 0.1) is 5.92 Å². The first-order chi connectivity index (χ1) is 8.56. The fourth-order valence-electron chi connectivity index (χ4n) is 1.97. The van der Waals surface area contributed by atoms with Gasteiger partial charge in [0.25, 0.3) is 0 Å². The molecule has 0 heterocycles. The fourth-order valence-corrected chi connectivity index (χ4v) is 1.97. The highest BCUT2D eigenvalue weighted by Gasteiger charge is 2.23. The Morgan fingerprint density at radius 3 is 2.16 bits per heavy atom. The average Bonchev–Trinajstić information content (AvgIpc) is 2.21. The summed E-state index contributed by atoms with van der Waals surface area (Å²) in [5, 5.41) is 9.67. The van der Waals surface area contributed by atoms with Crippen LogP contribution in [0.3, 0.4) is 0 Å². The molecule has 0 aliphatic heterocycles. The maximum atomic E-state index is 9.67. The van der Waals surface area contributed by atoms with Crippen LogP contribution in [0.5, 0.6) is 0 Å². The van der Waals surface area contributed by atoms with E-state index in [-0.39, 0.29) is 5.50 Å². The van der Waals surface area contributed by atoms with Gasteiger partial charge in [0.1, 0.15) is 7.17 Å². The molecule has 2 radical (unpaired) electrons. The molecule has 2 nitrogen and oxygen atoms in total. The standard InChI is InChI=1S/C15H32B2O2/c1-8-13(11-12(2)3)16-17-15(6,7)19-10-9-14(4,5)18/h12-13,18H,8-11H2,1-7H3. The first-order valence-electron chi connectivity index (χ1n) is 7.61. The van der Waals surface area contributed by atoms with Gasteiger partial charge < -0.3 is 9.84 Å². The van der Waals surface area contributed by atoms with Crippen LogP contribution in [0.25, 0.3) is 0 Å². The van der Waals surface area contributed by atoms with Crippen molar-refractivity contribution in [1.82, 2.24) is 0 Å². The van der Waals surface area contributed by atoms with E-state index >= 15 is 0 Å². The van der Waals surface area contributed by atoms with Crippen molar-refractivity contribution in [1.29, 1.82) is 0 Å². The molecular weight excluding hydrogens is 234 g/mol. The van der Waals surface area contributed by atoms with E-state index in [1.54, 1.807) is 0 Å². The van der Waals surface area contributed by atoms with Crippen LogP contribution in [0.1, 0.15) is 67.7 Å². The number of aliphatic hydroxyl groups is 1. The lowest BCUT2D eigenvalue weighted by Gasteiger charge is -2.28. The number of ether oxygens (including phenoxy) is 1. The third-order valence-corrected chi connectivity index (χ3v) is 3.26. The molecule has 0 saturated heterocycles. The second-order valence-electron chi connectivity index (χ2n) is 7.17. The van der Waals surface area contributed by atoms with E-state index in [1.807, 2.05) is 13.8 Å². The molecule has 4 heteroatoms. The molecule has 0 fully saturated rings.